The molecule has 0 spiro atoms. The van der Waals surface area contributed by atoms with E-state index in [0.717, 1.165) is 108 Å². The van der Waals surface area contributed by atoms with Crippen LogP contribution < -0.4 is 16.0 Å². The number of benzene rings is 3. The number of unbranched alkanes of at least 4 members (excludes halogenated alkanes) is 1. The van der Waals surface area contributed by atoms with E-state index in [1.165, 1.54) is 12.8 Å². The number of carbonyl (C=O) groups is 6. The minimum absolute atomic E-state index is 0.00560. The van der Waals surface area contributed by atoms with Gasteiger partial charge < -0.3 is 31.3 Å². The van der Waals surface area contributed by atoms with E-state index in [4.69, 9.17) is 5.11 Å². The minimum atomic E-state index is -0.854. The molecule has 3 amide bonds. The number of aryl methyl sites for hydroxylation is 1. The van der Waals surface area contributed by atoms with Crippen LogP contribution in [0, 0.1) is 71.5 Å². The van der Waals surface area contributed by atoms with Crippen molar-refractivity contribution in [1.82, 2.24) is 16.0 Å². The van der Waals surface area contributed by atoms with Gasteiger partial charge in [-0.2, -0.15) is 0 Å². The predicted octanol–water partition coefficient (Wildman–Crippen LogP) is 16.1. The number of fused-ring (bicyclic) bond motifs is 8. The van der Waals surface area contributed by atoms with E-state index >= 15 is 0 Å². The third-order valence-corrected chi connectivity index (χ3v) is 27.0. The third kappa shape index (κ3) is 11.6. The van der Waals surface area contributed by atoms with Crippen molar-refractivity contribution in [3.63, 3.8) is 0 Å². The first-order valence-corrected chi connectivity index (χ1v) is 35.1. The number of nitrogens with one attached hydrogen (secondary N) is 3. The molecule has 6 aromatic rings. The Labute approximate surface area is 528 Å². The molecule has 0 radical (unpaired) electrons. The lowest BCUT2D eigenvalue weighted by atomic mass is 9.51. The zero-order valence-electron chi connectivity index (χ0n) is 49.4. The van der Waals surface area contributed by atoms with E-state index in [0.29, 0.717) is 83.3 Å². The van der Waals surface area contributed by atoms with Gasteiger partial charge in [0.15, 0.2) is 0 Å². The van der Waals surface area contributed by atoms with Gasteiger partial charge in [-0.1, -0.05) is 79.8 Å². The first-order chi connectivity index (χ1) is 42.0. The van der Waals surface area contributed by atoms with Crippen molar-refractivity contribution in [2.45, 2.75) is 153 Å². The van der Waals surface area contributed by atoms with Crippen molar-refractivity contribution in [3.8, 4) is 0 Å². The Bertz CT molecular complexity index is 3780. The third-order valence-electron chi connectivity index (χ3n) is 22.3. The summed E-state index contributed by atoms with van der Waals surface area (Å²) < 4.78 is 3.78. The summed E-state index contributed by atoms with van der Waals surface area (Å²) in [6.07, 6.45) is 25.5. The number of halogens is 1. The number of carboxylic acids is 3. The van der Waals surface area contributed by atoms with Gasteiger partial charge in [0.25, 0.3) is 17.7 Å². The van der Waals surface area contributed by atoms with Crippen molar-refractivity contribution in [1.29, 1.82) is 0 Å². The van der Waals surface area contributed by atoms with Crippen LogP contribution in [0.15, 0.2) is 107 Å². The largest absolute Gasteiger partial charge is 0.481 e. The minimum Gasteiger partial charge on any atom is -0.481 e. The first-order valence-electron chi connectivity index (χ1n) is 31.8. The van der Waals surface area contributed by atoms with Crippen molar-refractivity contribution < 1.29 is 44.1 Å². The SMILES string of the molecule is Cc1c(C(/C=C\C[C@H]2[C@@H]3C[C@H](C[C@@H]2NC(=O)c2cccc4c(Br)csc24)[C@@H]3C)CCC(=O)O)sc2c(C(=O)N[C@H]3CC4CC(C4)[C@@H]3C/C=C\C(CCC(=O)O)c3cc4cccc(C(=O)N[C@H]5C[C@H]6C[C@@H]7C6[C@]57C/C=C\CCCC(=O)O)c4s3)cccc12. The number of carbonyl (C=O) groups excluding carboxylic acids is 3. The van der Waals surface area contributed by atoms with Gasteiger partial charge in [-0.15, -0.1) is 34.0 Å². The van der Waals surface area contributed by atoms with Crippen LogP contribution in [0.1, 0.15) is 174 Å². The van der Waals surface area contributed by atoms with Crippen LogP contribution in [-0.4, -0.2) is 69.1 Å². The molecule has 6 N–H and O–H groups in total. The summed E-state index contributed by atoms with van der Waals surface area (Å²) in [5.74, 6) is 2.13. The van der Waals surface area contributed by atoms with Crippen LogP contribution in [0.5, 0.6) is 0 Å². The molecule has 87 heavy (non-hydrogen) atoms. The van der Waals surface area contributed by atoms with Crippen molar-refractivity contribution >= 4 is 116 Å². The molecule has 4 bridgehead atoms. The molecule has 9 fully saturated rings. The Kier molecular flexibility index (Phi) is 17.1. The topological polar surface area (TPSA) is 199 Å². The molecule has 0 aliphatic heterocycles. The lowest BCUT2D eigenvalue weighted by Crippen LogP contribution is -2.56. The van der Waals surface area contributed by atoms with Crippen LogP contribution in [-0.2, 0) is 14.4 Å². The Morgan fingerprint density at radius 2 is 1.30 bits per heavy atom. The summed E-state index contributed by atoms with van der Waals surface area (Å²) in [5, 5.41) is 44.5. The van der Waals surface area contributed by atoms with Gasteiger partial charge in [0.2, 0.25) is 0 Å². The number of amides is 3. The fourth-order valence-corrected chi connectivity index (χ4v) is 22.0. The molecule has 3 aromatic heterocycles. The van der Waals surface area contributed by atoms with Crippen LogP contribution in [0.3, 0.4) is 0 Å². The normalized spacial score (nSPS) is 29.8. The lowest BCUT2D eigenvalue weighted by molar-refractivity contribution is -0.138. The van der Waals surface area contributed by atoms with E-state index in [1.54, 1.807) is 34.0 Å². The van der Waals surface area contributed by atoms with Gasteiger partial charge >= 0.3 is 17.9 Å². The Hall–Kier alpha value is -5.94. The van der Waals surface area contributed by atoms with E-state index in [9.17, 15) is 39.0 Å². The summed E-state index contributed by atoms with van der Waals surface area (Å²) in [7, 11) is 0. The molecule has 12 nitrogen and oxygen atoms in total. The molecule has 456 valence electrons. The van der Waals surface area contributed by atoms with Gasteiger partial charge in [-0.3, -0.25) is 28.8 Å². The number of hydrogen-bond donors (Lipinski definition) is 6. The smallest absolute Gasteiger partial charge is 0.303 e. The van der Waals surface area contributed by atoms with Crippen molar-refractivity contribution in [2.24, 2.45) is 64.6 Å². The number of rotatable bonds is 26. The average Bonchev–Trinajstić information content (AvgIpc) is 1.48. The Balaban J connectivity index is 0.686. The second-order valence-electron chi connectivity index (χ2n) is 26.9. The molecule has 15 rings (SSSR count). The number of hydrogen-bond acceptors (Lipinski definition) is 9. The summed E-state index contributed by atoms with van der Waals surface area (Å²) in [6, 6.07) is 19.9. The van der Waals surface area contributed by atoms with Gasteiger partial charge in [0, 0.05) is 93.7 Å². The molecule has 3 aromatic carbocycles. The van der Waals surface area contributed by atoms with Crippen LogP contribution in [0.4, 0.5) is 0 Å². The van der Waals surface area contributed by atoms with Crippen LogP contribution in [0.25, 0.3) is 30.3 Å². The average molecular weight is 1290 g/mol. The number of aliphatic carboxylic acids is 3. The van der Waals surface area contributed by atoms with Crippen molar-refractivity contribution in [3.05, 3.63) is 139 Å². The van der Waals surface area contributed by atoms with Gasteiger partial charge in [0.05, 0.1) is 16.7 Å². The summed E-state index contributed by atoms with van der Waals surface area (Å²) in [5.41, 5.74) is 3.13. The maximum Gasteiger partial charge on any atom is 0.303 e. The highest BCUT2D eigenvalue weighted by Gasteiger charge is 2.80. The zero-order chi connectivity index (χ0) is 60.4. The first kappa shape index (κ1) is 60.0. The van der Waals surface area contributed by atoms with Gasteiger partial charge in [0.1, 0.15) is 0 Å². The van der Waals surface area contributed by atoms with Crippen LogP contribution >= 0.6 is 49.9 Å². The highest BCUT2D eigenvalue weighted by Crippen LogP contribution is 2.82. The molecular formula is C71H78BrN3O9S3. The summed E-state index contributed by atoms with van der Waals surface area (Å²) >= 11 is 8.40. The quantitative estimate of drug-likeness (QED) is 0.0226. The fourth-order valence-electron chi connectivity index (χ4n) is 17.6. The number of allylic oxidation sites excluding steroid dienone is 6. The summed E-state index contributed by atoms with van der Waals surface area (Å²) in [6.45, 7) is 4.44. The molecule has 9 aliphatic rings. The highest BCUT2D eigenvalue weighted by atomic mass is 79.9. The molecule has 16 heteroatoms. The molecule has 9 aliphatic carbocycles. The van der Waals surface area contributed by atoms with Gasteiger partial charge in [-0.05, 0) is 213 Å². The molecular weight excluding hydrogens is 1210 g/mol. The number of carboxylic acid groups (broad SMARTS) is 3. The Morgan fingerprint density at radius 1 is 0.655 bits per heavy atom. The molecule has 3 heterocycles. The molecule has 14 atom stereocenters. The number of thiophene rings is 3. The maximum absolute atomic E-state index is 14.7. The standard InChI is InChI=1S/C71H78BrN3O9S3/c1-37-43-31-53(37)48(57(33-43)74-68(82)51-20-11-18-49-55(72)36-85-66(49)51)17-8-13-41(24-26-62(80)81)64-38(2)46-15-10-21-52(67(46)87-64)69(83)73-56-30-39-28-44(29-39)47(56)16-7-12-40(23-25-61(78)79)58-34-42-14-9-19-50(65(42)86-58)70(84)75-59-35-45-32-54-63(45)71(54,59)27-6-4-3-5-22-60(76)77/h4,6-15,18-21,34,36-37,39-41,43-45,47-48,53-54,56-57,59,63H,3,5,16-17,22-33,35H2,1-2H3,(H,73,83)(H,74,82)(H,75,84)(H,76,77)(H,78,79)(H,80,81)/b6-4-,12-7-,13-8-/t37-,39?,40?,41?,43+,44?,45+,47-,48-,53+,54+,56-,57-,59-,63?,71-/m0/s1. The molecule has 0 saturated heterocycles. The zero-order valence-corrected chi connectivity index (χ0v) is 53.4. The van der Waals surface area contributed by atoms with Crippen LogP contribution in [0.2, 0.25) is 0 Å². The lowest BCUT2D eigenvalue weighted by Gasteiger charge is -2.56. The van der Waals surface area contributed by atoms with E-state index in [-0.39, 0.29) is 84.2 Å². The predicted molar refractivity (Wildman–Crippen MR) is 349 cm³/mol. The van der Waals surface area contributed by atoms with Crippen molar-refractivity contribution in [2.75, 3.05) is 0 Å². The monoisotopic (exact) mass is 1290 g/mol. The second-order valence-corrected chi connectivity index (χ2v) is 30.7. The fraction of sp³-hybridized carbons (Fsp3) is 0.493. The van der Waals surface area contributed by atoms with E-state index in [2.05, 4.69) is 94.3 Å². The van der Waals surface area contributed by atoms with Gasteiger partial charge in [-0.25, -0.2) is 0 Å². The van der Waals surface area contributed by atoms with E-state index in [1.807, 2.05) is 53.9 Å². The maximum atomic E-state index is 14.7. The molecule has 9 saturated carbocycles. The second kappa shape index (κ2) is 24.8. The molecule has 3 unspecified atom stereocenters. The van der Waals surface area contributed by atoms with E-state index < -0.39 is 17.9 Å². The Morgan fingerprint density at radius 3 is 2.01 bits per heavy atom. The summed E-state index contributed by atoms with van der Waals surface area (Å²) in [4.78, 5) is 80.4. The highest BCUT2D eigenvalue weighted by molar-refractivity contribution is 9.10.